The number of thiazole rings is 1. The van der Waals surface area contributed by atoms with Gasteiger partial charge in [0.2, 0.25) is 15.3 Å². The largest absolute Gasteiger partial charge is 0.444 e. The van der Waals surface area contributed by atoms with Crippen LogP contribution in [0.15, 0.2) is 30.5 Å². The summed E-state index contributed by atoms with van der Waals surface area (Å²) in [5.74, 6) is -0.0195. The second-order valence-corrected chi connectivity index (χ2v) is 13.5. The van der Waals surface area contributed by atoms with Gasteiger partial charge in [0.25, 0.3) is 0 Å². The Hall–Kier alpha value is -2.67. The van der Waals surface area contributed by atoms with E-state index in [1.807, 2.05) is 20.8 Å². The molecule has 0 spiro atoms. The fourth-order valence-corrected chi connectivity index (χ4v) is 6.66. The van der Waals surface area contributed by atoms with Crippen LogP contribution in [0.2, 0.25) is 10.3 Å². The van der Waals surface area contributed by atoms with Gasteiger partial charge >= 0.3 is 6.09 Å². The molecule has 1 aliphatic rings. The molecule has 39 heavy (non-hydrogen) atoms. The summed E-state index contributed by atoms with van der Waals surface area (Å²) in [6, 6.07) is 6.85. The van der Waals surface area contributed by atoms with E-state index in [-0.39, 0.29) is 27.8 Å². The number of benzene rings is 1. The zero-order valence-corrected chi connectivity index (χ0v) is 25.2. The molecule has 3 heterocycles. The van der Waals surface area contributed by atoms with Gasteiger partial charge in [-0.1, -0.05) is 42.0 Å². The van der Waals surface area contributed by atoms with Gasteiger partial charge in [0, 0.05) is 37.9 Å². The highest BCUT2D eigenvalue weighted by Crippen LogP contribution is 2.44. The normalized spacial score (nSPS) is 14.4. The van der Waals surface area contributed by atoms with E-state index >= 15 is 0 Å². The minimum atomic E-state index is -3.55. The average molecular weight is 614 g/mol. The van der Waals surface area contributed by atoms with Crippen LogP contribution < -0.4 is 9.62 Å². The van der Waals surface area contributed by atoms with Gasteiger partial charge < -0.3 is 14.5 Å². The first-order chi connectivity index (χ1) is 18.4. The Morgan fingerprint density at radius 1 is 1.13 bits per heavy atom. The molecule has 3 aromatic rings. The number of anilines is 2. The van der Waals surface area contributed by atoms with Gasteiger partial charge in [-0.15, -0.1) is 0 Å². The van der Waals surface area contributed by atoms with E-state index in [1.165, 1.54) is 11.3 Å². The smallest absolute Gasteiger partial charge is 0.410 e. The fraction of sp³-hybridized carbons (Fsp3) is 0.440. The summed E-state index contributed by atoms with van der Waals surface area (Å²) in [7, 11) is -3.55. The molecule has 1 saturated heterocycles. The van der Waals surface area contributed by atoms with Crippen molar-refractivity contribution in [2.75, 3.05) is 41.6 Å². The zero-order valence-electron chi connectivity index (χ0n) is 22.1. The molecule has 0 saturated carbocycles. The first kappa shape index (κ1) is 29.3. The Bertz CT molecular complexity index is 1450. The number of halogens is 2. The number of ether oxygens (including phenoxy) is 1. The SMILES string of the molecule is CCCS(=O)(=O)Nc1cccc(-c2nc(N3CCN(C(=O)OC(C)(C)C)CC3)sc2-c2ccnc(Cl)n2)c1Cl. The van der Waals surface area contributed by atoms with Crippen LogP contribution in [0.1, 0.15) is 34.1 Å². The molecule has 2 aromatic heterocycles. The van der Waals surface area contributed by atoms with Crippen molar-refractivity contribution in [1.82, 2.24) is 19.9 Å². The molecule has 0 unspecified atom stereocenters. The molecule has 4 rings (SSSR count). The number of hydrogen-bond donors (Lipinski definition) is 1. The summed E-state index contributed by atoms with van der Waals surface area (Å²) in [6.45, 7) is 9.39. The topological polar surface area (TPSA) is 118 Å². The van der Waals surface area contributed by atoms with E-state index in [1.54, 1.807) is 42.3 Å². The number of nitrogens with one attached hydrogen (secondary N) is 1. The minimum absolute atomic E-state index is 0.0195. The summed E-state index contributed by atoms with van der Waals surface area (Å²) in [4.78, 5) is 30.3. The second-order valence-electron chi connectivity index (χ2n) is 9.93. The number of sulfonamides is 1. The Morgan fingerprint density at radius 2 is 1.85 bits per heavy atom. The first-order valence-corrected chi connectivity index (χ1v) is 15.6. The third kappa shape index (κ3) is 7.30. The second kappa shape index (κ2) is 11.8. The van der Waals surface area contributed by atoms with E-state index in [2.05, 4.69) is 19.6 Å². The summed E-state index contributed by atoms with van der Waals surface area (Å²) in [5.41, 5.74) is 1.36. The van der Waals surface area contributed by atoms with Gasteiger partial charge in [-0.3, -0.25) is 4.72 Å². The lowest BCUT2D eigenvalue weighted by Crippen LogP contribution is -2.50. The number of carbonyl (C=O) groups excluding carboxylic acids is 1. The Morgan fingerprint density at radius 3 is 2.49 bits per heavy atom. The van der Waals surface area contributed by atoms with Crippen molar-refractivity contribution in [2.45, 2.75) is 39.7 Å². The highest BCUT2D eigenvalue weighted by atomic mass is 35.5. The quantitative estimate of drug-likeness (QED) is 0.333. The first-order valence-electron chi connectivity index (χ1n) is 12.4. The molecule has 210 valence electrons. The number of amides is 1. The minimum Gasteiger partial charge on any atom is -0.444 e. The van der Waals surface area contributed by atoms with Gasteiger partial charge in [0.1, 0.15) is 5.60 Å². The molecular weight excluding hydrogens is 583 g/mol. The van der Waals surface area contributed by atoms with Crippen molar-refractivity contribution in [3.05, 3.63) is 40.8 Å². The average Bonchev–Trinajstić information content (AvgIpc) is 3.29. The van der Waals surface area contributed by atoms with Gasteiger partial charge in [-0.25, -0.2) is 28.2 Å². The molecule has 1 fully saturated rings. The number of carbonyl (C=O) groups is 1. The standard InChI is InChI=1S/C25H30Cl2N6O4S2/c1-5-15-39(35,36)31-17-8-6-7-16(19(17)26)20-21(18-9-10-28-22(27)29-18)38-23(30-20)32-11-13-33(14-12-32)24(34)37-25(2,3)4/h6-10,31H,5,11-15H2,1-4H3. The van der Waals surface area contributed by atoms with Crippen molar-refractivity contribution in [2.24, 2.45) is 0 Å². The van der Waals surface area contributed by atoms with Crippen molar-refractivity contribution < 1.29 is 17.9 Å². The van der Waals surface area contributed by atoms with E-state index in [9.17, 15) is 13.2 Å². The molecule has 0 radical (unpaired) electrons. The van der Waals surface area contributed by atoms with Crippen LogP contribution in [-0.2, 0) is 14.8 Å². The van der Waals surface area contributed by atoms with Crippen molar-refractivity contribution in [1.29, 1.82) is 0 Å². The maximum atomic E-state index is 12.5. The van der Waals surface area contributed by atoms with E-state index in [0.717, 1.165) is 0 Å². The number of nitrogens with zero attached hydrogens (tertiary/aromatic N) is 5. The monoisotopic (exact) mass is 612 g/mol. The molecule has 1 amide bonds. The number of piperazine rings is 1. The predicted molar refractivity (Wildman–Crippen MR) is 156 cm³/mol. The molecule has 0 bridgehead atoms. The highest BCUT2D eigenvalue weighted by Gasteiger charge is 2.29. The van der Waals surface area contributed by atoms with Crippen LogP contribution in [0.3, 0.4) is 0 Å². The molecule has 1 aromatic carbocycles. The zero-order chi connectivity index (χ0) is 28.4. The third-order valence-corrected chi connectivity index (χ3v) is 8.87. The fourth-order valence-electron chi connectivity index (χ4n) is 3.95. The van der Waals surface area contributed by atoms with Crippen LogP contribution in [0.5, 0.6) is 0 Å². The molecule has 14 heteroatoms. The predicted octanol–water partition coefficient (Wildman–Crippen LogP) is 5.78. The van der Waals surface area contributed by atoms with Crippen molar-refractivity contribution in [3.63, 3.8) is 0 Å². The number of hydrogen-bond acceptors (Lipinski definition) is 9. The van der Waals surface area contributed by atoms with Gasteiger partial charge in [-0.05, 0) is 50.9 Å². The maximum absolute atomic E-state index is 12.5. The molecule has 1 aliphatic heterocycles. The number of rotatable bonds is 7. The molecule has 10 nitrogen and oxygen atoms in total. The lowest BCUT2D eigenvalue weighted by molar-refractivity contribution is 0.0240. The lowest BCUT2D eigenvalue weighted by Gasteiger charge is -2.35. The lowest BCUT2D eigenvalue weighted by atomic mass is 10.1. The van der Waals surface area contributed by atoms with Gasteiger partial charge in [0.15, 0.2) is 5.13 Å². The summed E-state index contributed by atoms with van der Waals surface area (Å²) in [6.07, 6.45) is 1.69. The molecule has 0 atom stereocenters. The highest BCUT2D eigenvalue weighted by molar-refractivity contribution is 7.92. The van der Waals surface area contributed by atoms with Crippen LogP contribution in [0.25, 0.3) is 21.8 Å². The van der Waals surface area contributed by atoms with E-state index in [4.69, 9.17) is 32.9 Å². The van der Waals surface area contributed by atoms with Crippen molar-refractivity contribution in [3.8, 4) is 21.8 Å². The van der Waals surface area contributed by atoms with E-state index < -0.39 is 15.6 Å². The Labute approximate surface area is 242 Å². The Kier molecular flexibility index (Phi) is 8.89. The van der Waals surface area contributed by atoms with Crippen LogP contribution in [0, 0.1) is 0 Å². The third-order valence-electron chi connectivity index (χ3n) is 5.67. The van der Waals surface area contributed by atoms with Gasteiger partial charge in [-0.2, -0.15) is 0 Å². The summed E-state index contributed by atoms with van der Waals surface area (Å²) >= 11 is 14.3. The van der Waals surface area contributed by atoms with Crippen molar-refractivity contribution >= 4 is 61.5 Å². The maximum Gasteiger partial charge on any atom is 0.410 e. The van der Waals surface area contributed by atoms with Crippen LogP contribution >= 0.6 is 34.5 Å². The van der Waals surface area contributed by atoms with Crippen LogP contribution in [-0.4, -0.2) is 71.9 Å². The Balaban J connectivity index is 1.68. The van der Waals surface area contributed by atoms with E-state index in [0.29, 0.717) is 59.6 Å². The summed E-state index contributed by atoms with van der Waals surface area (Å²) in [5, 5.41) is 1.03. The van der Waals surface area contributed by atoms with Crippen LogP contribution in [0.4, 0.5) is 15.6 Å². The summed E-state index contributed by atoms with van der Waals surface area (Å²) < 4.78 is 32.9. The number of aromatic nitrogens is 3. The molecular formula is C25H30Cl2N6O4S2. The van der Waals surface area contributed by atoms with Gasteiger partial charge in [0.05, 0.1) is 32.7 Å². The molecule has 1 N–H and O–H groups in total. The molecule has 0 aliphatic carbocycles.